The van der Waals surface area contributed by atoms with E-state index in [1.165, 1.54) is 0 Å². The van der Waals surface area contributed by atoms with Gasteiger partial charge in [0.2, 0.25) is 0 Å². The Morgan fingerprint density at radius 2 is 2.21 bits per heavy atom. The Kier molecular flexibility index (Phi) is 4.69. The fourth-order valence-electron chi connectivity index (χ4n) is 1.62. The lowest BCUT2D eigenvalue weighted by Gasteiger charge is -2.28. The first-order valence-electron chi connectivity index (χ1n) is 5.10. The number of carbonyl (C=O) groups excluding carboxylic acids is 1. The number of amides is 2. The lowest BCUT2D eigenvalue weighted by molar-refractivity contribution is 0.0583. The van der Waals surface area contributed by atoms with Gasteiger partial charge >= 0.3 is 6.03 Å². The number of carbonyl (C=O) groups is 1. The van der Waals surface area contributed by atoms with Crippen molar-refractivity contribution in [3.63, 3.8) is 0 Å². The van der Waals surface area contributed by atoms with Gasteiger partial charge in [-0.2, -0.15) is 0 Å². The van der Waals surface area contributed by atoms with E-state index in [4.69, 9.17) is 4.84 Å². The molecule has 0 spiro atoms. The van der Waals surface area contributed by atoms with E-state index < -0.39 is 6.10 Å². The summed E-state index contributed by atoms with van der Waals surface area (Å²) in [7, 11) is 0. The van der Waals surface area contributed by atoms with Crippen molar-refractivity contribution in [1.82, 2.24) is 10.8 Å². The Bertz CT molecular complexity index is 187. The van der Waals surface area contributed by atoms with Gasteiger partial charge in [-0.1, -0.05) is 12.8 Å². The predicted octanol–water partition coefficient (Wildman–Crippen LogP) is 0.541. The third-order valence-corrected chi connectivity index (χ3v) is 2.36. The van der Waals surface area contributed by atoms with Crippen molar-refractivity contribution in [3.05, 3.63) is 0 Å². The molecule has 0 aromatic rings. The molecule has 5 nitrogen and oxygen atoms in total. The first kappa shape index (κ1) is 11.3. The standard InChI is InChI=1S/C9H18N2O3/c1-2-14-11-9(13)10-7-5-3-4-6-8(7)12/h7-8,12H,2-6H2,1H3,(H2,10,11,13)/t7-,8-/m0/s1. The number of hydroxylamine groups is 1. The smallest absolute Gasteiger partial charge is 0.339 e. The number of aliphatic hydroxyl groups is 1. The summed E-state index contributed by atoms with van der Waals surface area (Å²) in [6.07, 6.45) is 3.26. The van der Waals surface area contributed by atoms with Crippen LogP contribution in [-0.4, -0.2) is 29.9 Å². The summed E-state index contributed by atoms with van der Waals surface area (Å²) < 4.78 is 0. The molecule has 2 atom stereocenters. The molecule has 0 aromatic heterocycles. The van der Waals surface area contributed by atoms with E-state index in [1.807, 2.05) is 0 Å². The number of hydrogen-bond donors (Lipinski definition) is 3. The summed E-state index contributed by atoms with van der Waals surface area (Å²) in [5, 5.41) is 12.2. The van der Waals surface area contributed by atoms with E-state index in [1.54, 1.807) is 6.92 Å². The molecule has 2 amide bonds. The molecule has 0 radical (unpaired) electrons. The number of hydrogen-bond acceptors (Lipinski definition) is 3. The predicted molar refractivity (Wildman–Crippen MR) is 51.6 cm³/mol. The van der Waals surface area contributed by atoms with E-state index >= 15 is 0 Å². The highest BCUT2D eigenvalue weighted by molar-refractivity contribution is 5.73. The van der Waals surface area contributed by atoms with Crippen LogP contribution < -0.4 is 10.8 Å². The maximum Gasteiger partial charge on any atom is 0.339 e. The van der Waals surface area contributed by atoms with E-state index in [-0.39, 0.29) is 12.1 Å². The Balaban J connectivity index is 2.23. The molecule has 1 saturated carbocycles. The van der Waals surface area contributed by atoms with Crippen molar-refractivity contribution >= 4 is 6.03 Å². The molecule has 1 aliphatic carbocycles. The molecular formula is C9H18N2O3. The highest BCUT2D eigenvalue weighted by Crippen LogP contribution is 2.17. The summed E-state index contributed by atoms with van der Waals surface area (Å²) in [6, 6.07) is -0.512. The second-order valence-corrected chi connectivity index (χ2v) is 3.47. The molecule has 14 heavy (non-hydrogen) atoms. The van der Waals surface area contributed by atoms with Crippen molar-refractivity contribution in [2.24, 2.45) is 0 Å². The van der Waals surface area contributed by atoms with Gasteiger partial charge in [-0.15, -0.1) is 0 Å². The Labute approximate surface area is 83.8 Å². The number of aliphatic hydroxyl groups excluding tert-OH is 1. The van der Waals surface area contributed by atoms with E-state index in [2.05, 4.69) is 10.8 Å². The second kappa shape index (κ2) is 5.82. The molecule has 0 saturated heterocycles. The average molecular weight is 202 g/mol. The zero-order valence-electron chi connectivity index (χ0n) is 8.45. The Morgan fingerprint density at radius 1 is 1.50 bits per heavy atom. The van der Waals surface area contributed by atoms with Crippen LogP contribution in [0.1, 0.15) is 32.6 Å². The van der Waals surface area contributed by atoms with Crippen LogP contribution in [0.15, 0.2) is 0 Å². The molecule has 3 N–H and O–H groups in total. The van der Waals surface area contributed by atoms with Crippen LogP contribution in [0.2, 0.25) is 0 Å². The van der Waals surface area contributed by atoms with Gasteiger partial charge in [0, 0.05) is 0 Å². The molecule has 1 fully saturated rings. The van der Waals surface area contributed by atoms with Crippen molar-refractivity contribution in [2.75, 3.05) is 6.61 Å². The van der Waals surface area contributed by atoms with E-state index in [9.17, 15) is 9.90 Å². The monoisotopic (exact) mass is 202 g/mol. The van der Waals surface area contributed by atoms with E-state index in [0.717, 1.165) is 25.7 Å². The van der Waals surface area contributed by atoms with Crippen LogP contribution in [0, 0.1) is 0 Å². The molecule has 0 bridgehead atoms. The van der Waals surface area contributed by atoms with Gasteiger partial charge in [-0.25, -0.2) is 10.3 Å². The third kappa shape index (κ3) is 3.51. The van der Waals surface area contributed by atoms with Gasteiger partial charge < -0.3 is 10.4 Å². The van der Waals surface area contributed by atoms with Crippen LogP contribution >= 0.6 is 0 Å². The maximum atomic E-state index is 11.2. The molecule has 5 heteroatoms. The summed E-state index contributed by atoms with van der Waals surface area (Å²) in [5.41, 5.74) is 2.24. The molecule has 0 aromatic carbocycles. The van der Waals surface area contributed by atoms with Crippen LogP contribution in [0.5, 0.6) is 0 Å². The third-order valence-electron chi connectivity index (χ3n) is 2.36. The minimum Gasteiger partial charge on any atom is -0.391 e. The van der Waals surface area contributed by atoms with Gasteiger partial charge in [-0.3, -0.25) is 4.84 Å². The second-order valence-electron chi connectivity index (χ2n) is 3.47. The van der Waals surface area contributed by atoms with Crippen molar-refractivity contribution < 1.29 is 14.7 Å². The number of nitrogens with one attached hydrogen (secondary N) is 2. The zero-order valence-corrected chi connectivity index (χ0v) is 8.45. The van der Waals surface area contributed by atoms with Crippen LogP contribution in [0.25, 0.3) is 0 Å². The first-order chi connectivity index (χ1) is 6.74. The fraction of sp³-hybridized carbons (Fsp3) is 0.889. The fourth-order valence-corrected chi connectivity index (χ4v) is 1.62. The van der Waals surface area contributed by atoms with Crippen molar-refractivity contribution in [1.29, 1.82) is 0 Å². The first-order valence-corrected chi connectivity index (χ1v) is 5.10. The molecule has 0 aliphatic heterocycles. The maximum absolute atomic E-state index is 11.2. The molecule has 1 aliphatic rings. The molecule has 1 rings (SSSR count). The lowest BCUT2D eigenvalue weighted by Crippen LogP contribution is -2.48. The molecule has 0 unspecified atom stereocenters. The largest absolute Gasteiger partial charge is 0.391 e. The van der Waals surface area contributed by atoms with Crippen molar-refractivity contribution in [3.8, 4) is 0 Å². The zero-order chi connectivity index (χ0) is 10.4. The number of urea groups is 1. The summed E-state index contributed by atoms with van der Waals surface area (Å²) in [6.45, 7) is 2.22. The highest BCUT2D eigenvalue weighted by atomic mass is 16.7. The summed E-state index contributed by atoms with van der Waals surface area (Å²) >= 11 is 0. The van der Waals surface area contributed by atoms with Gasteiger partial charge in [0.15, 0.2) is 0 Å². The minimum atomic E-state index is -0.420. The van der Waals surface area contributed by atoms with Gasteiger partial charge in [-0.05, 0) is 19.8 Å². The average Bonchev–Trinajstić information content (AvgIpc) is 2.18. The summed E-state index contributed by atoms with van der Waals surface area (Å²) in [4.78, 5) is 15.9. The topological polar surface area (TPSA) is 70.6 Å². The quantitative estimate of drug-likeness (QED) is 0.585. The Hall–Kier alpha value is -0.810. The van der Waals surface area contributed by atoms with E-state index in [0.29, 0.717) is 6.61 Å². The summed E-state index contributed by atoms with van der Waals surface area (Å²) in [5.74, 6) is 0. The number of rotatable bonds is 3. The van der Waals surface area contributed by atoms with Crippen LogP contribution in [0.3, 0.4) is 0 Å². The van der Waals surface area contributed by atoms with Gasteiger partial charge in [0.05, 0.1) is 18.8 Å². The van der Waals surface area contributed by atoms with Crippen LogP contribution in [-0.2, 0) is 4.84 Å². The van der Waals surface area contributed by atoms with Crippen molar-refractivity contribution in [2.45, 2.75) is 44.8 Å². The Morgan fingerprint density at radius 3 is 2.86 bits per heavy atom. The highest BCUT2D eigenvalue weighted by Gasteiger charge is 2.24. The van der Waals surface area contributed by atoms with Crippen LogP contribution in [0.4, 0.5) is 4.79 Å². The SMILES string of the molecule is CCONC(=O)N[C@H]1CCCC[C@@H]1O. The molecular weight excluding hydrogens is 184 g/mol. The molecule has 0 heterocycles. The molecule has 82 valence electrons. The lowest BCUT2D eigenvalue weighted by atomic mass is 9.93. The minimum absolute atomic E-state index is 0.135. The normalized spacial score (nSPS) is 27.0. The van der Waals surface area contributed by atoms with Gasteiger partial charge in [0.1, 0.15) is 0 Å². The van der Waals surface area contributed by atoms with Gasteiger partial charge in [0.25, 0.3) is 0 Å².